The van der Waals surface area contributed by atoms with E-state index in [0.29, 0.717) is 0 Å². The van der Waals surface area contributed by atoms with Crippen molar-refractivity contribution in [3.63, 3.8) is 0 Å². The normalized spacial score (nSPS) is 13.2. The average Bonchev–Trinajstić information content (AvgIpc) is 3.07. The van der Waals surface area contributed by atoms with Crippen LogP contribution in [0.2, 0.25) is 0 Å². The second-order valence-electron chi connectivity index (χ2n) is 5.26. The Labute approximate surface area is 128 Å². The molecule has 6 nitrogen and oxygen atoms in total. The predicted molar refractivity (Wildman–Crippen MR) is 82.9 cm³/mol. The van der Waals surface area contributed by atoms with Crippen molar-refractivity contribution < 1.29 is 0 Å². The first-order valence-electron chi connectivity index (χ1n) is 7.11. The molecule has 3 heterocycles. The van der Waals surface area contributed by atoms with Crippen molar-refractivity contribution in [3.05, 3.63) is 23.8 Å². The molecule has 3 rings (SSSR count). The van der Waals surface area contributed by atoms with E-state index in [4.69, 9.17) is 16.6 Å². The van der Waals surface area contributed by atoms with Gasteiger partial charge in [0.25, 0.3) is 0 Å². The third kappa shape index (κ3) is 2.23. The molecule has 0 saturated carbocycles. The summed E-state index contributed by atoms with van der Waals surface area (Å²) >= 11 is 6.33. The van der Waals surface area contributed by atoms with Crippen LogP contribution in [0.15, 0.2) is 12.3 Å². The Morgan fingerprint density at radius 3 is 2.62 bits per heavy atom. The maximum atomic E-state index is 6.33. The number of rotatable bonds is 4. The molecule has 0 radical (unpaired) electrons. The maximum Gasteiger partial charge on any atom is 0.164 e. The second kappa shape index (κ2) is 5.18. The van der Waals surface area contributed by atoms with E-state index in [9.17, 15) is 0 Å². The Bertz CT molecular complexity index is 779. The zero-order valence-electron chi connectivity index (χ0n) is 12.7. The van der Waals surface area contributed by atoms with E-state index in [2.05, 4.69) is 17.1 Å². The van der Waals surface area contributed by atoms with Gasteiger partial charge in [-0.15, -0.1) is 11.6 Å². The number of aromatic nitrogens is 6. The highest BCUT2D eigenvalue weighted by atomic mass is 35.5. The molecule has 3 aromatic heterocycles. The van der Waals surface area contributed by atoms with Gasteiger partial charge in [-0.25, -0.2) is 9.67 Å². The lowest BCUT2D eigenvalue weighted by Crippen LogP contribution is -2.07. The lowest BCUT2D eigenvalue weighted by atomic mass is 10.2. The van der Waals surface area contributed by atoms with E-state index in [1.54, 1.807) is 4.68 Å². The SMILES string of the molecule is CCCc1nn(C)c2c1nc(C(C)Cl)n2-c1ccn(C)n1. The summed E-state index contributed by atoms with van der Waals surface area (Å²) in [7, 11) is 3.83. The monoisotopic (exact) mass is 306 g/mol. The summed E-state index contributed by atoms with van der Waals surface area (Å²) in [5.41, 5.74) is 2.88. The molecule has 0 aromatic carbocycles. The second-order valence-corrected chi connectivity index (χ2v) is 5.92. The average molecular weight is 307 g/mol. The van der Waals surface area contributed by atoms with Gasteiger partial charge in [0.05, 0.1) is 11.1 Å². The van der Waals surface area contributed by atoms with Crippen LogP contribution in [-0.4, -0.2) is 29.1 Å². The fraction of sp³-hybridized carbons (Fsp3) is 0.500. The molecule has 0 aliphatic rings. The Balaban J connectivity index is 2.32. The summed E-state index contributed by atoms with van der Waals surface area (Å²) in [6, 6.07) is 1.95. The van der Waals surface area contributed by atoms with Gasteiger partial charge in [-0.05, 0) is 13.3 Å². The molecule has 0 aliphatic carbocycles. The molecular weight excluding hydrogens is 288 g/mol. The molecule has 0 aliphatic heterocycles. The van der Waals surface area contributed by atoms with Gasteiger partial charge in [0.2, 0.25) is 0 Å². The Morgan fingerprint density at radius 1 is 1.29 bits per heavy atom. The molecule has 21 heavy (non-hydrogen) atoms. The molecule has 0 saturated heterocycles. The van der Waals surface area contributed by atoms with Crippen molar-refractivity contribution in [2.24, 2.45) is 14.1 Å². The zero-order chi connectivity index (χ0) is 15.1. The summed E-state index contributed by atoms with van der Waals surface area (Å²) in [6.07, 6.45) is 3.86. The van der Waals surface area contributed by atoms with Crippen LogP contribution in [0, 0.1) is 0 Å². The van der Waals surface area contributed by atoms with Crippen LogP contribution in [0.25, 0.3) is 17.0 Å². The number of fused-ring (bicyclic) bond motifs is 1. The third-order valence-corrected chi connectivity index (χ3v) is 3.70. The van der Waals surface area contributed by atoms with Crippen LogP contribution in [0.5, 0.6) is 0 Å². The summed E-state index contributed by atoms with van der Waals surface area (Å²) in [6.45, 7) is 4.07. The van der Waals surface area contributed by atoms with Crippen molar-refractivity contribution in [1.82, 2.24) is 29.1 Å². The van der Waals surface area contributed by atoms with E-state index in [-0.39, 0.29) is 5.38 Å². The van der Waals surface area contributed by atoms with Crippen molar-refractivity contribution in [1.29, 1.82) is 0 Å². The molecule has 0 bridgehead atoms. The minimum absolute atomic E-state index is 0.200. The van der Waals surface area contributed by atoms with Gasteiger partial charge in [0.15, 0.2) is 11.5 Å². The minimum atomic E-state index is -0.200. The molecule has 3 aromatic rings. The first kappa shape index (κ1) is 14.1. The van der Waals surface area contributed by atoms with Gasteiger partial charge >= 0.3 is 0 Å². The fourth-order valence-corrected chi connectivity index (χ4v) is 2.76. The van der Waals surface area contributed by atoms with Crippen molar-refractivity contribution >= 4 is 22.8 Å². The molecule has 0 fully saturated rings. The van der Waals surface area contributed by atoms with Gasteiger partial charge in [0.1, 0.15) is 11.3 Å². The molecule has 7 heteroatoms. The molecule has 0 N–H and O–H groups in total. The van der Waals surface area contributed by atoms with Gasteiger partial charge in [-0.3, -0.25) is 9.25 Å². The first-order valence-corrected chi connectivity index (χ1v) is 7.54. The van der Waals surface area contributed by atoms with Crippen LogP contribution in [-0.2, 0) is 20.5 Å². The first-order chi connectivity index (χ1) is 10.0. The standard InChI is InChI=1S/C14H19ClN6/c1-5-6-10-12-14(20(4)17-10)21(13(16-12)9(2)15)11-7-8-19(3)18-11/h7-9H,5-6H2,1-4H3. The van der Waals surface area contributed by atoms with E-state index in [1.165, 1.54) is 0 Å². The summed E-state index contributed by atoms with van der Waals surface area (Å²) in [4.78, 5) is 4.74. The van der Waals surface area contributed by atoms with Crippen LogP contribution in [0.3, 0.4) is 0 Å². The number of halogens is 1. The van der Waals surface area contributed by atoms with Gasteiger partial charge in [-0.1, -0.05) is 13.3 Å². The number of hydrogen-bond donors (Lipinski definition) is 0. The lowest BCUT2D eigenvalue weighted by molar-refractivity contribution is 0.710. The Hall–Kier alpha value is -1.82. The third-order valence-electron chi connectivity index (χ3n) is 3.50. The Morgan fingerprint density at radius 2 is 2.05 bits per heavy atom. The number of hydrogen-bond acceptors (Lipinski definition) is 3. The van der Waals surface area contributed by atoms with Crippen LogP contribution in [0.1, 0.15) is 37.2 Å². The number of imidazole rings is 1. The van der Waals surface area contributed by atoms with E-state index in [0.717, 1.165) is 41.3 Å². The highest BCUT2D eigenvalue weighted by Gasteiger charge is 2.23. The zero-order valence-corrected chi connectivity index (χ0v) is 13.5. The molecule has 1 unspecified atom stereocenters. The minimum Gasteiger partial charge on any atom is -0.274 e. The van der Waals surface area contributed by atoms with Crippen LogP contribution in [0.4, 0.5) is 0 Å². The number of nitrogens with zero attached hydrogens (tertiary/aromatic N) is 6. The quantitative estimate of drug-likeness (QED) is 0.696. The summed E-state index contributed by atoms with van der Waals surface area (Å²) < 4.78 is 5.64. The van der Waals surface area contributed by atoms with Gasteiger partial charge in [-0.2, -0.15) is 10.2 Å². The fourth-order valence-electron chi connectivity index (χ4n) is 2.62. The van der Waals surface area contributed by atoms with E-state index in [1.807, 2.05) is 42.5 Å². The van der Waals surface area contributed by atoms with Crippen molar-refractivity contribution in [3.8, 4) is 5.82 Å². The highest BCUT2D eigenvalue weighted by Crippen LogP contribution is 2.29. The largest absolute Gasteiger partial charge is 0.274 e. The predicted octanol–water partition coefficient (Wildman–Crippen LogP) is 2.74. The summed E-state index contributed by atoms with van der Waals surface area (Å²) in [5.74, 6) is 1.62. The Kier molecular flexibility index (Phi) is 3.49. The molecule has 112 valence electrons. The lowest BCUT2D eigenvalue weighted by Gasteiger charge is -2.07. The highest BCUT2D eigenvalue weighted by molar-refractivity contribution is 6.20. The van der Waals surface area contributed by atoms with Gasteiger partial charge < -0.3 is 0 Å². The molecule has 0 spiro atoms. The number of alkyl halides is 1. The van der Waals surface area contributed by atoms with E-state index >= 15 is 0 Å². The number of aryl methyl sites for hydroxylation is 3. The van der Waals surface area contributed by atoms with Crippen LogP contribution >= 0.6 is 11.6 Å². The summed E-state index contributed by atoms with van der Waals surface area (Å²) in [5, 5.41) is 8.87. The topological polar surface area (TPSA) is 53.5 Å². The molecular formula is C14H19ClN6. The molecule has 0 amide bonds. The van der Waals surface area contributed by atoms with Gasteiger partial charge in [0, 0.05) is 26.4 Å². The molecule has 1 atom stereocenters. The van der Waals surface area contributed by atoms with E-state index < -0.39 is 0 Å². The maximum absolute atomic E-state index is 6.33. The van der Waals surface area contributed by atoms with Crippen molar-refractivity contribution in [2.75, 3.05) is 0 Å². The van der Waals surface area contributed by atoms with Crippen LogP contribution < -0.4 is 0 Å². The van der Waals surface area contributed by atoms with Crippen molar-refractivity contribution in [2.45, 2.75) is 32.1 Å². The smallest absolute Gasteiger partial charge is 0.164 e.